The molecule has 1 aromatic heterocycles. The van der Waals surface area contributed by atoms with E-state index in [1.807, 2.05) is 0 Å². The van der Waals surface area contributed by atoms with Gasteiger partial charge < -0.3 is 15.1 Å². The molecule has 1 heterocycles. The summed E-state index contributed by atoms with van der Waals surface area (Å²) in [4.78, 5) is 35.8. The molecule has 140 valence electrons. The van der Waals surface area contributed by atoms with Crippen molar-refractivity contribution in [3.63, 3.8) is 0 Å². The van der Waals surface area contributed by atoms with Gasteiger partial charge in [-0.3, -0.25) is 14.2 Å². The monoisotopic (exact) mass is 407 g/mol. The van der Waals surface area contributed by atoms with Crippen LogP contribution in [0.15, 0.2) is 51.7 Å². The molecule has 27 heavy (non-hydrogen) atoms. The van der Waals surface area contributed by atoms with Gasteiger partial charge in [0.05, 0.1) is 22.8 Å². The Morgan fingerprint density at radius 3 is 2.67 bits per heavy atom. The quantitative estimate of drug-likeness (QED) is 0.656. The fourth-order valence-electron chi connectivity index (χ4n) is 2.49. The maximum atomic E-state index is 12.0. The topological polar surface area (TPSA) is 93.3 Å². The lowest BCUT2D eigenvalue weighted by Crippen LogP contribution is -2.33. The van der Waals surface area contributed by atoms with Crippen LogP contribution in [0, 0.1) is 0 Å². The third-order valence-corrected chi connectivity index (χ3v) is 4.35. The zero-order chi connectivity index (χ0) is 19.4. The Bertz CT molecular complexity index is 1060. The molecule has 2 N–H and O–H groups in total. The average Bonchev–Trinajstić information content (AvgIpc) is 2.96. The number of para-hydroxylation sites is 2. The van der Waals surface area contributed by atoms with Crippen LogP contribution in [0.25, 0.3) is 11.1 Å². The summed E-state index contributed by atoms with van der Waals surface area (Å²) >= 11 is 11.8. The third kappa shape index (κ3) is 4.69. The summed E-state index contributed by atoms with van der Waals surface area (Å²) in [5, 5.41) is 5.83. The first-order valence-electron chi connectivity index (χ1n) is 8.04. The minimum Gasteiger partial charge on any atom is -0.408 e. The van der Waals surface area contributed by atoms with E-state index < -0.39 is 11.7 Å². The SMILES string of the molecule is O=C(CCn1c(=O)oc2ccccc21)NCC(=O)Nc1cc(Cl)ccc1Cl. The number of anilines is 1. The predicted molar refractivity (Wildman–Crippen MR) is 103 cm³/mol. The summed E-state index contributed by atoms with van der Waals surface area (Å²) in [7, 11) is 0. The molecule has 2 amide bonds. The Hall–Kier alpha value is -2.77. The summed E-state index contributed by atoms with van der Waals surface area (Å²) in [6.45, 7) is -0.0911. The minimum absolute atomic E-state index is 0.0225. The third-order valence-electron chi connectivity index (χ3n) is 3.78. The molecule has 3 rings (SSSR count). The number of nitrogens with one attached hydrogen (secondary N) is 2. The van der Waals surface area contributed by atoms with Crippen LogP contribution in [0.2, 0.25) is 10.0 Å². The van der Waals surface area contributed by atoms with Crippen molar-refractivity contribution in [3.8, 4) is 0 Å². The average molecular weight is 408 g/mol. The van der Waals surface area contributed by atoms with Crippen LogP contribution in [0.5, 0.6) is 0 Å². The zero-order valence-corrected chi connectivity index (χ0v) is 15.5. The fourth-order valence-corrected chi connectivity index (χ4v) is 2.83. The number of fused-ring (bicyclic) bond motifs is 1. The Morgan fingerprint density at radius 1 is 1.07 bits per heavy atom. The summed E-state index contributed by atoms with van der Waals surface area (Å²) in [6.07, 6.45) is 0.0225. The van der Waals surface area contributed by atoms with Crippen molar-refractivity contribution in [1.82, 2.24) is 9.88 Å². The minimum atomic E-state index is -0.530. The predicted octanol–water partition coefficient (Wildman–Crippen LogP) is 3.05. The Morgan fingerprint density at radius 2 is 1.85 bits per heavy atom. The number of oxazole rings is 1. The van der Waals surface area contributed by atoms with E-state index in [1.54, 1.807) is 36.4 Å². The van der Waals surface area contributed by atoms with E-state index in [-0.39, 0.29) is 25.4 Å². The van der Waals surface area contributed by atoms with Crippen LogP contribution in [0.3, 0.4) is 0 Å². The van der Waals surface area contributed by atoms with Gasteiger partial charge in [0.1, 0.15) is 0 Å². The van der Waals surface area contributed by atoms with Crippen molar-refractivity contribution in [2.45, 2.75) is 13.0 Å². The van der Waals surface area contributed by atoms with Crippen molar-refractivity contribution in [3.05, 3.63) is 63.1 Å². The maximum absolute atomic E-state index is 12.0. The molecular weight excluding hydrogens is 393 g/mol. The van der Waals surface area contributed by atoms with E-state index in [0.29, 0.717) is 26.8 Å². The van der Waals surface area contributed by atoms with Gasteiger partial charge in [-0.25, -0.2) is 4.79 Å². The van der Waals surface area contributed by atoms with Gasteiger partial charge in [-0.2, -0.15) is 0 Å². The van der Waals surface area contributed by atoms with Crippen molar-refractivity contribution in [1.29, 1.82) is 0 Å². The summed E-state index contributed by atoms with van der Waals surface area (Å²) in [5.41, 5.74) is 1.43. The van der Waals surface area contributed by atoms with Crippen LogP contribution in [-0.2, 0) is 16.1 Å². The Balaban J connectivity index is 1.52. The van der Waals surface area contributed by atoms with Gasteiger partial charge in [-0.1, -0.05) is 35.3 Å². The van der Waals surface area contributed by atoms with E-state index in [9.17, 15) is 14.4 Å². The largest absolute Gasteiger partial charge is 0.419 e. The highest BCUT2D eigenvalue weighted by Gasteiger charge is 2.12. The highest BCUT2D eigenvalue weighted by molar-refractivity contribution is 6.35. The number of hydrogen-bond acceptors (Lipinski definition) is 4. The van der Waals surface area contributed by atoms with Gasteiger partial charge >= 0.3 is 5.76 Å². The number of aromatic nitrogens is 1. The van der Waals surface area contributed by atoms with Gasteiger partial charge in [-0.15, -0.1) is 0 Å². The maximum Gasteiger partial charge on any atom is 0.419 e. The summed E-state index contributed by atoms with van der Waals surface area (Å²) < 4.78 is 6.48. The number of rotatable bonds is 6. The van der Waals surface area contributed by atoms with Gasteiger partial charge in [0, 0.05) is 18.0 Å². The zero-order valence-electron chi connectivity index (χ0n) is 14.0. The molecule has 0 saturated heterocycles. The molecule has 0 spiro atoms. The smallest absolute Gasteiger partial charge is 0.408 e. The van der Waals surface area contributed by atoms with Gasteiger partial charge in [0.25, 0.3) is 0 Å². The van der Waals surface area contributed by atoms with Gasteiger partial charge in [-0.05, 0) is 30.3 Å². The molecule has 9 heteroatoms. The molecule has 0 unspecified atom stereocenters. The first-order chi connectivity index (χ1) is 12.9. The van der Waals surface area contributed by atoms with Crippen LogP contribution in [-0.4, -0.2) is 22.9 Å². The van der Waals surface area contributed by atoms with Crippen LogP contribution >= 0.6 is 23.2 Å². The van der Waals surface area contributed by atoms with E-state index in [4.69, 9.17) is 27.6 Å². The number of aryl methyl sites for hydroxylation is 1. The number of carbonyl (C=O) groups is 2. The summed E-state index contributed by atoms with van der Waals surface area (Å²) in [6, 6.07) is 11.6. The van der Waals surface area contributed by atoms with Crippen LogP contribution in [0.1, 0.15) is 6.42 Å². The number of benzene rings is 2. The molecule has 7 nitrogen and oxygen atoms in total. The molecule has 0 atom stereocenters. The molecule has 0 bridgehead atoms. The molecular formula is C18H15Cl2N3O4. The van der Waals surface area contributed by atoms with Gasteiger partial charge in [0.15, 0.2) is 5.58 Å². The second kappa shape index (κ2) is 8.28. The highest BCUT2D eigenvalue weighted by Crippen LogP contribution is 2.25. The Kier molecular flexibility index (Phi) is 5.83. The van der Waals surface area contributed by atoms with Crippen LogP contribution in [0.4, 0.5) is 5.69 Å². The first kappa shape index (κ1) is 19.0. The number of carbonyl (C=O) groups excluding carboxylic acids is 2. The standard InChI is InChI=1S/C18H15Cl2N3O4/c19-11-5-6-12(20)13(9-11)22-17(25)10-21-16(24)7-8-23-14-3-1-2-4-15(14)27-18(23)26/h1-6,9H,7-8,10H2,(H,21,24)(H,22,25). The fraction of sp³-hybridized carbons (Fsp3) is 0.167. The second-order valence-corrected chi connectivity index (χ2v) is 6.53. The summed E-state index contributed by atoms with van der Waals surface area (Å²) in [5.74, 6) is -1.35. The van der Waals surface area contributed by atoms with E-state index in [2.05, 4.69) is 10.6 Å². The van der Waals surface area contributed by atoms with Crippen molar-refractivity contribution in [2.24, 2.45) is 0 Å². The number of amides is 2. The van der Waals surface area contributed by atoms with E-state index in [1.165, 1.54) is 10.6 Å². The highest BCUT2D eigenvalue weighted by atomic mass is 35.5. The Labute approximate surface area is 163 Å². The first-order valence-corrected chi connectivity index (χ1v) is 8.79. The van der Waals surface area contributed by atoms with E-state index in [0.717, 1.165) is 0 Å². The molecule has 0 aliphatic rings. The molecule has 0 fully saturated rings. The lowest BCUT2D eigenvalue weighted by Gasteiger charge is -2.09. The van der Waals surface area contributed by atoms with Crippen LogP contribution < -0.4 is 16.4 Å². The number of hydrogen-bond donors (Lipinski definition) is 2. The molecule has 0 aliphatic heterocycles. The lowest BCUT2D eigenvalue weighted by atomic mass is 10.3. The van der Waals surface area contributed by atoms with Gasteiger partial charge in [0.2, 0.25) is 11.8 Å². The normalized spacial score (nSPS) is 10.7. The molecule has 0 aliphatic carbocycles. The van der Waals surface area contributed by atoms with Crippen molar-refractivity contribution < 1.29 is 14.0 Å². The van der Waals surface area contributed by atoms with Crippen molar-refractivity contribution >= 4 is 51.8 Å². The molecule has 2 aromatic carbocycles. The van der Waals surface area contributed by atoms with Crippen molar-refractivity contribution in [2.75, 3.05) is 11.9 Å². The number of halogens is 2. The number of nitrogens with zero attached hydrogens (tertiary/aromatic N) is 1. The molecule has 0 radical (unpaired) electrons. The lowest BCUT2D eigenvalue weighted by molar-refractivity contribution is -0.124. The van der Waals surface area contributed by atoms with E-state index >= 15 is 0 Å². The molecule has 0 saturated carbocycles. The second-order valence-electron chi connectivity index (χ2n) is 5.69. The molecule has 3 aromatic rings.